The Bertz CT molecular complexity index is 475. The SMILES string of the molecule is C[C@@H]1C[C@@H]1C(=O)NCCC(=O)N(C)Cc1ccncc1. The Hall–Kier alpha value is -1.91. The first-order chi connectivity index (χ1) is 9.58. The second kappa shape index (κ2) is 6.50. The van der Waals surface area contributed by atoms with Crippen molar-refractivity contribution in [2.45, 2.75) is 26.3 Å². The zero-order valence-corrected chi connectivity index (χ0v) is 12.0. The van der Waals surface area contributed by atoms with Crippen molar-refractivity contribution in [3.8, 4) is 0 Å². The Labute approximate surface area is 119 Å². The number of hydrogen-bond donors (Lipinski definition) is 1. The quantitative estimate of drug-likeness (QED) is 0.848. The van der Waals surface area contributed by atoms with E-state index in [1.807, 2.05) is 12.1 Å². The van der Waals surface area contributed by atoms with Gasteiger partial charge >= 0.3 is 0 Å². The number of hydrogen-bond acceptors (Lipinski definition) is 3. The van der Waals surface area contributed by atoms with Crippen molar-refractivity contribution in [2.75, 3.05) is 13.6 Å². The maximum Gasteiger partial charge on any atom is 0.224 e. The van der Waals surface area contributed by atoms with Crippen molar-refractivity contribution >= 4 is 11.8 Å². The van der Waals surface area contributed by atoms with Gasteiger partial charge in [0.1, 0.15) is 0 Å². The molecule has 1 N–H and O–H groups in total. The van der Waals surface area contributed by atoms with E-state index in [9.17, 15) is 9.59 Å². The van der Waals surface area contributed by atoms with Crippen LogP contribution in [0.2, 0.25) is 0 Å². The highest BCUT2D eigenvalue weighted by atomic mass is 16.2. The Kier molecular flexibility index (Phi) is 4.71. The Morgan fingerprint density at radius 3 is 2.65 bits per heavy atom. The zero-order valence-electron chi connectivity index (χ0n) is 12.0. The molecule has 1 aliphatic rings. The molecule has 0 aromatic carbocycles. The summed E-state index contributed by atoms with van der Waals surface area (Å²) in [6, 6.07) is 3.78. The molecular weight excluding hydrogens is 254 g/mol. The first-order valence-corrected chi connectivity index (χ1v) is 6.98. The van der Waals surface area contributed by atoms with Gasteiger partial charge in [-0.1, -0.05) is 6.92 Å². The molecule has 1 fully saturated rings. The van der Waals surface area contributed by atoms with Gasteiger partial charge in [0, 0.05) is 44.9 Å². The third-order valence-corrected chi connectivity index (χ3v) is 3.68. The van der Waals surface area contributed by atoms with E-state index >= 15 is 0 Å². The number of amides is 2. The first-order valence-electron chi connectivity index (χ1n) is 6.98. The van der Waals surface area contributed by atoms with E-state index in [2.05, 4.69) is 17.2 Å². The summed E-state index contributed by atoms with van der Waals surface area (Å²) in [6.07, 6.45) is 4.74. The van der Waals surface area contributed by atoms with Crippen molar-refractivity contribution < 1.29 is 9.59 Å². The molecule has 2 atom stereocenters. The number of pyridine rings is 1. The van der Waals surface area contributed by atoms with Gasteiger partial charge in [0.15, 0.2) is 0 Å². The minimum Gasteiger partial charge on any atom is -0.355 e. The van der Waals surface area contributed by atoms with E-state index in [1.165, 1.54) is 0 Å². The standard InChI is InChI=1S/C15H21N3O2/c1-11-9-13(11)15(20)17-8-5-14(19)18(2)10-12-3-6-16-7-4-12/h3-4,6-7,11,13H,5,8-10H2,1-2H3,(H,17,20)/t11-,13+/m1/s1. The average Bonchev–Trinajstić information content (AvgIpc) is 3.17. The number of nitrogens with zero attached hydrogens (tertiary/aromatic N) is 2. The lowest BCUT2D eigenvalue weighted by atomic mass is 10.2. The van der Waals surface area contributed by atoms with Crippen LogP contribution in [0.3, 0.4) is 0 Å². The van der Waals surface area contributed by atoms with Gasteiger partial charge in [0.25, 0.3) is 0 Å². The molecule has 1 saturated carbocycles. The fourth-order valence-corrected chi connectivity index (χ4v) is 2.15. The van der Waals surface area contributed by atoms with Crippen LogP contribution in [-0.2, 0) is 16.1 Å². The Balaban J connectivity index is 1.67. The van der Waals surface area contributed by atoms with E-state index in [-0.39, 0.29) is 17.7 Å². The van der Waals surface area contributed by atoms with Crippen LogP contribution in [0.4, 0.5) is 0 Å². The highest BCUT2D eigenvalue weighted by Crippen LogP contribution is 2.37. The summed E-state index contributed by atoms with van der Waals surface area (Å²) in [5.74, 6) is 0.785. The molecule has 0 spiro atoms. The molecule has 0 saturated heterocycles. The van der Waals surface area contributed by atoms with Crippen LogP contribution in [-0.4, -0.2) is 35.3 Å². The van der Waals surface area contributed by atoms with Gasteiger partial charge in [-0.05, 0) is 30.0 Å². The lowest BCUT2D eigenvalue weighted by Gasteiger charge is -2.17. The molecule has 5 heteroatoms. The van der Waals surface area contributed by atoms with Crippen LogP contribution in [0.15, 0.2) is 24.5 Å². The summed E-state index contributed by atoms with van der Waals surface area (Å²) in [5, 5.41) is 2.83. The largest absolute Gasteiger partial charge is 0.355 e. The zero-order chi connectivity index (χ0) is 14.5. The van der Waals surface area contributed by atoms with Crippen molar-refractivity contribution in [1.82, 2.24) is 15.2 Å². The molecule has 20 heavy (non-hydrogen) atoms. The third-order valence-electron chi connectivity index (χ3n) is 3.68. The van der Waals surface area contributed by atoms with E-state index in [0.29, 0.717) is 25.4 Å². The number of nitrogens with one attached hydrogen (secondary N) is 1. The molecule has 1 aromatic rings. The predicted octanol–water partition coefficient (Wildman–Crippen LogP) is 1.20. The van der Waals surface area contributed by atoms with Crippen molar-refractivity contribution in [3.05, 3.63) is 30.1 Å². The maximum absolute atomic E-state index is 11.9. The minimum absolute atomic E-state index is 0.0333. The molecular formula is C15H21N3O2. The summed E-state index contributed by atoms with van der Waals surface area (Å²) < 4.78 is 0. The third kappa shape index (κ3) is 4.05. The highest BCUT2D eigenvalue weighted by Gasteiger charge is 2.38. The van der Waals surface area contributed by atoms with E-state index < -0.39 is 0 Å². The van der Waals surface area contributed by atoms with Gasteiger partial charge in [0.05, 0.1) is 0 Å². The molecule has 0 aliphatic heterocycles. The number of aromatic nitrogens is 1. The lowest BCUT2D eigenvalue weighted by Crippen LogP contribution is -2.32. The monoisotopic (exact) mass is 275 g/mol. The van der Waals surface area contributed by atoms with Crippen LogP contribution in [0.25, 0.3) is 0 Å². The molecule has 0 unspecified atom stereocenters. The molecule has 108 valence electrons. The topological polar surface area (TPSA) is 62.3 Å². The Morgan fingerprint density at radius 2 is 2.05 bits per heavy atom. The number of rotatable bonds is 6. The maximum atomic E-state index is 11.9. The summed E-state index contributed by atoms with van der Waals surface area (Å²) in [6.45, 7) is 3.05. The number of carbonyl (C=O) groups is 2. The Morgan fingerprint density at radius 1 is 1.40 bits per heavy atom. The van der Waals surface area contributed by atoms with Gasteiger partial charge in [-0.3, -0.25) is 14.6 Å². The summed E-state index contributed by atoms with van der Waals surface area (Å²) in [4.78, 5) is 29.2. The minimum atomic E-state index is 0.0333. The summed E-state index contributed by atoms with van der Waals surface area (Å²) >= 11 is 0. The fraction of sp³-hybridized carbons (Fsp3) is 0.533. The second-order valence-corrected chi connectivity index (χ2v) is 5.47. The molecule has 2 amide bonds. The average molecular weight is 275 g/mol. The van der Waals surface area contributed by atoms with Crippen molar-refractivity contribution in [2.24, 2.45) is 11.8 Å². The van der Waals surface area contributed by atoms with Gasteiger partial charge in [0.2, 0.25) is 11.8 Å². The van der Waals surface area contributed by atoms with Crippen LogP contribution in [0.5, 0.6) is 0 Å². The van der Waals surface area contributed by atoms with Gasteiger partial charge in [-0.15, -0.1) is 0 Å². The summed E-state index contributed by atoms with van der Waals surface area (Å²) in [7, 11) is 1.77. The molecule has 2 rings (SSSR count). The fourth-order valence-electron chi connectivity index (χ4n) is 2.15. The molecule has 1 aliphatic carbocycles. The molecule has 0 radical (unpaired) electrons. The van der Waals surface area contributed by atoms with Crippen LogP contribution in [0, 0.1) is 11.8 Å². The lowest BCUT2D eigenvalue weighted by molar-refractivity contribution is -0.130. The predicted molar refractivity (Wildman–Crippen MR) is 75.6 cm³/mol. The number of carbonyl (C=O) groups excluding carboxylic acids is 2. The molecule has 1 aromatic heterocycles. The summed E-state index contributed by atoms with van der Waals surface area (Å²) in [5.41, 5.74) is 1.05. The van der Waals surface area contributed by atoms with Gasteiger partial charge in [-0.25, -0.2) is 0 Å². The van der Waals surface area contributed by atoms with Crippen molar-refractivity contribution in [3.63, 3.8) is 0 Å². The van der Waals surface area contributed by atoms with Gasteiger partial charge in [-0.2, -0.15) is 0 Å². The molecule has 1 heterocycles. The van der Waals surface area contributed by atoms with Crippen LogP contribution >= 0.6 is 0 Å². The van der Waals surface area contributed by atoms with E-state index in [4.69, 9.17) is 0 Å². The smallest absolute Gasteiger partial charge is 0.224 e. The van der Waals surface area contributed by atoms with Gasteiger partial charge < -0.3 is 10.2 Å². The molecule has 5 nitrogen and oxygen atoms in total. The second-order valence-electron chi connectivity index (χ2n) is 5.47. The normalized spacial score (nSPS) is 20.3. The highest BCUT2D eigenvalue weighted by molar-refractivity contribution is 5.82. The van der Waals surface area contributed by atoms with Crippen molar-refractivity contribution in [1.29, 1.82) is 0 Å². The first kappa shape index (κ1) is 14.5. The molecule has 0 bridgehead atoms. The van der Waals surface area contributed by atoms with Crippen LogP contribution in [0.1, 0.15) is 25.3 Å². The van der Waals surface area contributed by atoms with Crippen LogP contribution < -0.4 is 5.32 Å². The van der Waals surface area contributed by atoms with E-state index in [1.54, 1.807) is 24.3 Å². The van der Waals surface area contributed by atoms with E-state index in [0.717, 1.165) is 12.0 Å².